The molecule has 4 atom stereocenters. The van der Waals surface area contributed by atoms with Gasteiger partial charge in [0.15, 0.2) is 0 Å². The minimum absolute atomic E-state index is 0.0938. The lowest BCUT2D eigenvalue weighted by Gasteiger charge is -2.40. The highest BCUT2D eigenvalue weighted by Gasteiger charge is 2.41. The van der Waals surface area contributed by atoms with Gasteiger partial charge in [-0.25, -0.2) is 0 Å². The number of hydrogen-bond acceptors (Lipinski definition) is 3. The van der Waals surface area contributed by atoms with Crippen LogP contribution < -0.4 is 11.1 Å². The number of nitrogens with two attached hydrogens (primary N) is 1. The molecule has 0 bridgehead atoms. The Morgan fingerprint density at radius 3 is 1.79 bits per heavy atom. The maximum atomic E-state index is 7.37. The summed E-state index contributed by atoms with van der Waals surface area (Å²) in [6, 6.07) is 32.7. The molecule has 0 radical (unpaired) electrons. The molecule has 5 rings (SSSR count). The minimum Gasteiger partial charge on any atom is -0.343 e. The van der Waals surface area contributed by atoms with Crippen molar-refractivity contribution in [2.75, 3.05) is 0 Å². The van der Waals surface area contributed by atoms with Gasteiger partial charge in [0.25, 0.3) is 0 Å². The van der Waals surface area contributed by atoms with Gasteiger partial charge in [0.2, 0.25) is 0 Å². The van der Waals surface area contributed by atoms with Gasteiger partial charge in [-0.15, -0.1) is 0 Å². The van der Waals surface area contributed by atoms with E-state index in [1.54, 1.807) is 0 Å². The zero-order chi connectivity index (χ0) is 23.2. The number of ether oxygens (including phenoxy) is 1. The number of hydrogen-bond donors (Lipinski definition) is 2. The van der Waals surface area contributed by atoms with Crippen LogP contribution in [0.25, 0.3) is 0 Å². The van der Waals surface area contributed by atoms with E-state index in [4.69, 9.17) is 10.5 Å². The molecule has 34 heavy (non-hydrogen) atoms. The number of nitrogens with one attached hydrogen (secondary N) is 1. The average Bonchev–Trinajstić information content (AvgIpc) is 3.55. The highest BCUT2D eigenvalue weighted by Crippen LogP contribution is 2.42. The van der Waals surface area contributed by atoms with Gasteiger partial charge in [0, 0.05) is 12.1 Å². The van der Waals surface area contributed by atoms with Gasteiger partial charge in [0.05, 0.1) is 0 Å². The van der Waals surface area contributed by atoms with Crippen molar-refractivity contribution < 1.29 is 4.74 Å². The lowest BCUT2D eigenvalue weighted by molar-refractivity contribution is -0.0759. The van der Waals surface area contributed by atoms with E-state index in [0.29, 0.717) is 12.0 Å². The Morgan fingerprint density at radius 2 is 1.35 bits per heavy atom. The summed E-state index contributed by atoms with van der Waals surface area (Å²) in [6.07, 6.45) is 11.1. The second-order valence-electron chi connectivity index (χ2n) is 9.82. The molecule has 3 aromatic rings. The molecule has 3 nitrogen and oxygen atoms in total. The Morgan fingerprint density at radius 1 is 0.794 bits per heavy atom. The predicted molar refractivity (Wildman–Crippen MR) is 139 cm³/mol. The van der Waals surface area contributed by atoms with E-state index in [2.05, 4.69) is 108 Å². The van der Waals surface area contributed by atoms with Crippen LogP contribution in [-0.2, 0) is 10.3 Å². The van der Waals surface area contributed by atoms with Crippen LogP contribution in [0.5, 0.6) is 0 Å². The summed E-state index contributed by atoms with van der Waals surface area (Å²) in [5.41, 5.74) is 8.98. The second-order valence-corrected chi connectivity index (χ2v) is 9.82. The first-order valence-electron chi connectivity index (χ1n) is 12.8. The van der Waals surface area contributed by atoms with E-state index in [0.717, 1.165) is 48.8 Å². The molecule has 0 amide bonds. The van der Waals surface area contributed by atoms with E-state index in [-0.39, 0.29) is 12.3 Å². The van der Waals surface area contributed by atoms with E-state index < -0.39 is 5.60 Å². The van der Waals surface area contributed by atoms with Crippen molar-refractivity contribution in [1.82, 2.24) is 5.32 Å². The molecular formula is C31H36N2O. The van der Waals surface area contributed by atoms with Crippen molar-refractivity contribution in [2.24, 2.45) is 11.7 Å². The number of allylic oxidation sites excluding steroid dienone is 2. The van der Waals surface area contributed by atoms with Crippen LogP contribution in [0.15, 0.2) is 103 Å². The van der Waals surface area contributed by atoms with Crippen LogP contribution in [0.2, 0.25) is 0 Å². The summed E-state index contributed by atoms with van der Waals surface area (Å²) in [7, 11) is 0. The third-order valence-corrected chi connectivity index (χ3v) is 7.38. The Hall–Kier alpha value is -2.72. The summed E-state index contributed by atoms with van der Waals surface area (Å²) >= 11 is 0. The van der Waals surface area contributed by atoms with Crippen molar-refractivity contribution in [1.29, 1.82) is 0 Å². The van der Waals surface area contributed by atoms with E-state index >= 15 is 0 Å². The Balaban J connectivity index is 1.59. The van der Waals surface area contributed by atoms with Crippen molar-refractivity contribution in [3.8, 4) is 0 Å². The van der Waals surface area contributed by atoms with Gasteiger partial charge in [-0.1, -0.05) is 103 Å². The predicted octanol–water partition coefficient (Wildman–Crippen LogP) is 6.15. The first-order valence-corrected chi connectivity index (χ1v) is 12.8. The summed E-state index contributed by atoms with van der Waals surface area (Å²) in [5, 5.41) is 3.90. The molecule has 1 saturated carbocycles. The summed E-state index contributed by atoms with van der Waals surface area (Å²) in [5.74, 6) is 0.535. The quantitative estimate of drug-likeness (QED) is 0.233. The van der Waals surface area contributed by atoms with Crippen LogP contribution in [0.3, 0.4) is 0 Å². The molecule has 3 aromatic carbocycles. The van der Waals surface area contributed by atoms with Gasteiger partial charge in [0.1, 0.15) is 11.8 Å². The van der Waals surface area contributed by atoms with Crippen LogP contribution >= 0.6 is 0 Å². The summed E-state index contributed by atoms with van der Waals surface area (Å²) < 4.78 is 7.37. The Kier molecular flexibility index (Phi) is 7.24. The molecule has 3 heteroatoms. The SMILES string of the molecule is N[C@H]1CC[C@H](NC(CC2C=CCC2)OC(c2ccccc2)(c2ccccc2)c2ccccc2)C1. The van der Waals surface area contributed by atoms with Crippen LogP contribution in [0.4, 0.5) is 0 Å². The molecule has 3 N–H and O–H groups in total. The lowest BCUT2D eigenvalue weighted by atomic mass is 9.80. The van der Waals surface area contributed by atoms with Gasteiger partial charge < -0.3 is 10.5 Å². The normalized spacial score (nSPS) is 23.3. The molecule has 2 aliphatic carbocycles. The topological polar surface area (TPSA) is 47.3 Å². The van der Waals surface area contributed by atoms with E-state index in [9.17, 15) is 0 Å². The minimum atomic E-state index is -0.718. The summed E-state index contributed by atoms with van der Waals surface area (Å²) in [4.78, 5) is 0. The van der Waals surface area contributed by atoms with Gasteiger partial charge in [-0.3, -0.25) is 5.32 Å². The van der Waals surface area contributed by atoms with E-state index in [1.165, 1.54) is 6.42 Å². The number of rotatable bonds is 9. The molecule has 1 fully saturated rings. The smallest absolute Gasteiger partial charge is 0.145 e. The average molecular weight is 453 g/mol. The molecule has 0 spiro atoms. The first-order chi connectivity index (χ1) is 16.7. The van der Waals surface area contributed by atoms with E-state index in [1.807, 2.05) is 0 Å². The molecule has 2 unspecified atom stereocenters. The number of benzene rings is 3. The zero-order valence-corrected chi connectivity index (χ0v) is 19.9. The molecular weight excluding hydrogens is 416 g/mol. The standard InChI is InChI=1S/C31H36N2O/c32-28-20-21-29(23-28)33-30(22-24-12-10-11-13-24)34-31(25-14-4-1-5-15-25,26-16-6-2-7-17-26)27-18-8-3-9-19-27/h1-10,12,14-19,24,28-30,33H,11,13,20-23,32H2/t24?,28-,29-,30?/m0/s1. The molecule has 0 aromatic heterocycles. The van der Waals surface area contributed by atoms with Crippen LogP contribution in [-0.4, -0.2) is 18.3 Å². The van der Waals surface area contributed by atoms with Crippen molar-refractivity contribution in [3.05, 3.63) is 120 Å². The van der Waals surface area contributed by atoms with Crippen molar-refractivity contribution in [2.45, 2.75) is 62.4 Å². The Labute approximate surface area is 204 Å². The maximum Gasteiger partial charge on any atom is 0.145 e. The highest BCUT2D eigenvalue weighted by atomic mass is 16.5. The van der Waals surface area contributed by atoms with Crippen LogP contribution in [0.1, 0.15) is 55.2 Å². The second kappa shape index (κ2) is 10.7. The third kappa shape index (κ3) is 5.02. The molecule has 0 heterocycles. The lowest BCUT2D eigenvalue weighted by Crippen LogP contribution is -2.46. The highest BCUT2D eigenvalue weighted by molar-refractivity contribution is 5.47. The fourth-order valence-electron chi connectivity index (χ4n) is 5.68. The van der Waals surface area contributed by atoms with Gasteiger partial charge in [-0.2, -0.15) is 0 Å². The molecule has 176 valence electrons. The molecule has 0 saturated heterocycles. The van der Waals surface area contributed by atoms with Gasteiger partial charge >= 0.3 is 0 Å². The van der Waals surface area contributed by atoms with Crippen molar-refractivity contribution in [3.63, 3.8) is 0 Å². The van der Waals surface area contributed by atoms with Gasteiger partial charge in [-0.05, 0) is 61.1 Å². The fraction of sp³-hybridized carbons (Fsp3) is 0.355. The van der Waals surface area contributed by atoms with Crippen molar-refractivity contribution >= 4 is 0 Å². The largest absolute Gasteiger partial charge is 0.343 e. The fourth-order valence-corrected chi connectivity index (χ4v) is 5.68. The third-order valence-electron chi connectivity index (χ3n) is 7.38. The van der Waals surface area contributed by atoms with Crippen LogP contribution in [0, 0.1) is 5.92 Å². The first kappa shape index (κ1) is 23.0. The zero-order valence-electron chi connectivity index (χ0n) is 19.9. The molecule has 0 aliphatic heterocycles. The maximum absolute atomic E-state index is 7.37. The molecule has 2 aliphatic rings. The summed E-state index contributed by atoms with van der Waals surface area (Å²) in [6.45, 7) is 0. The monoisotopic (exact) mass is 452 g/mol. The Bertz CT molecular complexity index is 954.